The standard InChI is InChI=1S/C23H32O6/c1-15-10-12-23(28-15)11-6-8-17(29-23)7-4-3-5-9-19-18-13-16(24)14-20(26-2)21(18)22(25)27-19/h13-15,17,19,24H,3-12H2,1-2H3/t15-,17-,19-,23-/m1/s1. The van der Waals surface area contributed by atoms with Crippen LogP contribution < -0.4 is 4.74 Å². The molecule has 0 amide bonds. The highest BCUT2D eigenvalue weighted by atomic mass is 16.7. The molecule has 6 heteroatoms. The number of carbonyl (C=O) groups is 1. The van der Waals surface area contributed by atoms with Gasteiger partial charge in [0.15, 0.2) is 5.79 Å². The van der Waals surface area contributed by atoms with Crippen LogP contribution in [-0.2, 0) is 14.2 Å². The van der Waals surface area contributed by atoms with Crippen molar-refractivity contribution in [3.05, 3.63) is 23.3 Å². The van der Waals surface area contributed by atoms with Gasteiger partial charge in [-0.05, 0) is 51.5 Å². The summed E-state index contributed by atoms with van der Waals surface area (Å²) in [7, 11) is 1.49. The summed E-state index contributed by atoms with van der Waals surface area (Å²) in [5.74, 6) is -0.214. The lowest BCUT2D eigenvalue weighted by Crippen LogP contribution is -2.40. The van der Waals surface area contributed by atoms with E-state index in [1.54, 1.807) is 6.07 Å². The predicted octanol–water partition coefficient (Wildman–Crippen LogP) is 5.03. The summed E-state index contributed by atoms with van der Waals surface area (Å²) in [6.45, 7) is 2.13. The van der Waals surface area contributed by atoms with E-state index in [9.17, 15) is 9.90 Å². The number of benzene rings is 1. The summed E-state index contributed by atoms with van der Waals surface area (Å²) < 4.78 is 23.2. The zero-order valence-corrected chi connectivity index (χ0v) is 17.4. The van der Waals surface area contributed by atoms with Crippen molar-refractivity contribution >= 4 is 5.97 Å². The molecule has 1 N–H and O–H groups in total. The van der Waals surface area contributed by atoms with E-state index in [1.165, 1.54) is 19.6 Å². The molecule has 0 aliphatic carbocycles. The molecule has 0 radical (unpaired) electrons. The maximum atomic E-state index is 12.2. The molecule has 0 aromatic heterocycles. The zero-order chi connectivity index (χ0) is 20.4. The fourth-order valence-electron chi connectivity index (χ4n) is 5.00. The largest absolute Gasteiger partial charge is 0.508 e. The third-order valence-corrected chi connectivity index (χ3v) is 6.44. The Morgan fingerprint density at radius 2 is 1.97 bits per heavy atom. The molecule has 29 heavy (non-hydrogen) atoms. The normalized spacial score (nSPS) is 31.1. The van der Waals surface area contributed by atoms with Crippen LogP contribution in [0.25, 0.3) is 0 Å². The molecule has 1 spiro atoms. The number of hydrogen-bond donors (Lipinski definition) is 1. The van der Waals surface area contributed by atoms with Crippen molar-refractivity contribution in [2.24, 2.45) is 0 Å². The Hall–Kier alpha value is -1.79. The Bertz CT molecular complexity index is 743. The van der Waals surface area contributed by atoms with E-state index in [4.69, 9.17) is 18.9 Å². The zero-order valence-electron chi connectivity index (χ0n) is 17.4. The minimum Gasteiger partial charge on any atom is -0.508 e. The Balaban J connectivity index is 1.23. The van der Waals surface area contributed by atoms with Crippen LogP contribution in [0, 0.1) is 0 Å². The van der Waals surface area contributed by atoms with Gasteiger partial charge in [-0.15, -0.1) is 0 Å². The molecule has 0 unspecified atom stereocenters. The number of aromatic hydroxyl groups is 1. The van der Waals surface area contributed by atoms with Crippen molar-refractivity contribution in [3.63, 3.8) is 0 Å². The van der Waals surface area contributed by atoms with E-state index in [0.717, 1.165) is 63.4 Å². The summed E-state index contributed by atoms with van der Waals surface area (Å²) in [4.78, 5) is 12.2. The van der Waals surface area contributed by atoms with Gasteiger partial charge in [0.05, 0.1) is 19.3 Å². The molecule has 3 aliphatic rings. The van der Waals surface area contributed by atoms with Crippen molar-refractivity contribution in [2.45, 2.75) is 95.2 Å². The van der Waals surface area contributed by atoms with Crippen LogP contribution in [0.2, 0.25) is 0 Å². The summed E-state index contributed by atoms with van der Waals surface area (Å²) in [6, 6.07) is 3.07. The topological polar surface area (TPSA) is 74.2 Å². The van der Waals surface area contributed by atoms with Gasteiger partial charge in [-0.3, -0.25) is 0 Å². The Morgan fingerprint density at radius 1 is 1.14 bits per heavy atom. The Labute approximate surface area is 172 Å². The maximum absolute atomic E-state index is 12.2. The number of hydrogen-bond acceptors (Lipinski definition) is 6. The second-order valence-electron chi connectivity index (χ2n) is 8.65. The molecule has 1 aromatic carbocycles. The monoisotopic (exact) mass is 404 g/mol. The lowest BCUT2D eigenvalue weighted by molar-refractivity contribution is -0.269. The van der Waals surface area contributed by atoms with Gasteiger partial charge in [0, 0.05) is 24.5 Å². The molecule has 2 fully saturated rings. The van der Waals surface area contributed by atoms with Gasteiger partial charge in [-0.2, -0.15) is 0 Å². The van der Waals surface area contributed by atoms with Crippen molar-refractivity contribution in [1.29, 1.82) is 0 Å². The number of rotatable bonds is 7. The summed E-state index contributed by atoms with van der Waals surface area (Å²) >= 11 is 0. The number of esters is 1. The first kappa shape index (κ1) is 20.5. The van der Waals surface area contributed by atoms with Crippen LogP contribution in [0.5, 0.6) is 11.5 Å². The fourth-order valence-corrected chi connectivity index (χ4v) is 5.00. The molecule has 2 saturated heterocycles. The van der Waals surface area contributed by atoms with Crippen LogP contribution in [-0.4, -0.2) is 36.2 Å². The molecule has 160 valence electrons. The highest BCUT2D eigenvalue weighted by Gasteiger charge is 2.43. The Kier molecular flexibility index (Phi) is 6.02. The molecule has 6 nitrogen and oxygen atoms in total. The molecule has 3 heterocycles. The number of phenols is 1. The van der Waals surface area contributed by atoms with Gasteiger partial charge in [0.1, 0.15) is 23.2 Å². The van der Waals surface area contributed by atoms with E-state index in [1.807, 2.05) is 0 Å². The lowest BCUT2D eigenvalue weighted by Gasteiger charge is -2.38. The van der Waals surface area contributed by atoms with E-state index < -0.39 is 0 Å². The van der Waals surface area contributed by atoms with Crippen LogP contribution in [0.4, 0.5) is 0 Å². The quantitative estimate of drug-likeness (QED) is 0.508. The van der Waals surface area contributed by atoms with E-state index in [2.05, 4.69) is 6.92 Å². The Morgan fingerprint density at radius 3 is 2.72 bits per heavy atom. The number of fused-ring (bicyclic) bond motifs is 1. The van der Waals surface area contributed by atoms with E-state index in [0.29, 0.717) is 23.5 Å². The molecule has 4 rings (SSSR count). The number of ether oxygens (including phenoxy) is 4. The second kappa shape index (κ2) is 8.52. The molecule has 3 aliphatic heterocycles. The fraction of sp³-hybridized carbons (Fsp3) is 0.696. The maximum Gasteiger partial charge on any atom is 0.342 e. The van der Waals surface area contributed by atoms with Crippen LogP contribution >= 0.6 is 0 Å². The number of carbonyl (C=O) groups excluding carboxylic acids is 1. The van der Waals surface area contributed by atoms with Gasteiger partial charge in [0.25, 0.3) is 0 Å². The van der Waals surface area contributed by atoms with Gasteiger partial charge in [-0.1, -0.05) is 12.8 Å². The second-order valence-corrected chi connectivity index (χ2v) is 8.65. The van der Waals surface area contributed by atoms with Crippen molar-refractivity contribution in [3.8, 4) is 11.5 Å². The summed E-state index contributed by atoms with van der Waals surface area (Å²) in [5, 5.41) is 9.90. The smallest absolute Gasteiger partial charge is 0.342 e. The third kappa shape index (κ3) is 4.38. The van der Waals surface area contributed by atoms with E-state index in [-0.39, 0.29) is 23.6 Å². The van der Waals surface area contributed by atoms with Crippen LogP contribution in [0.3, 0.4) is 0 Å². The first-order valence-electron chi connectivity index (χ1n) is 11.0. The molecule has 4 atom stereocenters. The number of cyclic esters (lactones) is 1. The van der Waals surface area contributed by atoms with Crippen LogP contribution in [0.1, 0.15) is 93.2 Å². The first-order chi connectivity index (χ1) is 14.0. The highest BCUT2D eigenvalue weighted by Crippen LogP contribution is 2.43. The first-order valence-corrected chi connectivity index (χ1v) is 11.0. The molecular formula is C23H32O6. The summed E-state index contributed by atoms with van der Waals surface area (Å²) in [6.07, 6.45) is 10.6. The average molecular weight is 405 g/mol. The number of methoxy groups -OCH3 is 1. The SMILES string of the molecule is COc1cc(O)cc2c1C(=O)O[C@@H]2CCCCC[C@@H]1CCC[C@]2(CC[C@@H](C)O2)O1. The molecule has 0 saturated carbocycles. The highest BCUT2D eigenvalue weighted by molar-refractivity contribution is 5.97. The third-order valence-electron chi connectivity index (χ3n) is 6.44. The number of unbranched alkanes of at least 4 members (excludes halogenated alkanes) is 2. The van der Waals surface area contributed by atoms with Crippen molar-refractivity contribution in [2.75, 3.05) is 7.11 Å². The summed E-state index contributed by atoms with van der Waals surface area (Å²) in [5.41, 5.74) is 1.18. The van der Waals surface area contributed by atoms with Gasteiger partial charge in [-0.25, -0.2) is 4.79 Å². The van der Waals surface area contributed by atoms with Crippen molar-refractivity contribution < 1.29 is 28.8 Å². The lowest BCUT2D eigenvalue weighted by atomic mass is 9.95. The van der Waals surface area contributed by atoms with Gasteiger partial charge < -0.3 is 24.1 Å². The molecular weight excluding hydrogens is 372 g/mol. The molecule has 0 bridgehead atoms. The number of phenolic OH excluding ortho intramolecular Hbond substituents is 1. The van der Waals surface area contributed by atoms with Crippen LogP contribution in [0.15, 0.2) is 12.1 Å². The molecule has 1 aromatic rings. The van der Waals surface area contributed by atoms with Gasteiger partial charge >= 0.3 is 5.97 Å². The van der Waals surface area contributed by atoms with E-state index >= 15 is 0 Å². The van der Waals surface area contributed by atoms with Crippen molar-refractivity contribution in [1.82, 2.24) is 0 Å². The van der Waals surface area contributed by atoms with Gasteiger partial charge in [0.2, 0.25) is 0 Å². The minimum absolute atomic E-state index is 0.0933. The average Bonchev–Trinajstić information content (AvgIpc) is 3.20. The minimum atomic E-state index is -0.367. The predicted molar refractivity (Wildman–Crippen MR) is 107 cm³/mol.